The largest absolute Gasteiger partial charge is 0.477 e. The SMILES string of the molecule is O=C(O)c1cc(S(=O)(=O)Nc2ncc(Br)nc2Br)cs1. The zero-order valence-electron chi connectivity index (χ0n) is 9.37. The number of carboxylic acid groups (broad SMARTS) is 1. The van der Waals surface area contributed by atoms with Crippen LogP contribution in [0.3, 0.4) is 0 Å². The first-order chi connectivity index (χ1) is 9.29. The minimum absolute atomic E-state index is 0.0104. The van der Waals surface area contributed by atoms with E-state index in [-0.39, 0.29) is 20.2 Å². The maximum atomic E-state index is 12.1. The number of aromatic nitrogens is 2. The molecular formula is C9H5Br2N3O4S2. The number of halogens is 2. The molecule has 0 bridgehead atoms. The first-order valence-electron chi connectivity index (χ1n) is 4.82. The summed E-state index contributed by atoms with van der Waals surface area (Å²) in [6.45, 7) is 0. The lowest BCUT2D eigenvalue weighted by Crippen LogP contribution is -2.14. The maximum Gasteiger partial charge on any atom is 0.345 e. The van der Waals surface area contributed by atoms with Crippen molar-refractivity contribution in [3.05, 3.63) is 31.7 Å². The molecule has 0 unspecified atom stereocenters. The van der Waals surface area contributed by atoms with Crippen LogP contribution in [-0.4, -0.2) is 29.5 Å². The molecule has 20 heavy (non-hydrogen) atoms. The van der Waals surface area contributed by atoms with E-state index in [0.29, 0.717) is 4.60 Å². The quantitative estimate of drug-likeness (QED) is 0.752. The van der Waals surface area contributed by atoms with Crippen molar-refractivity contribution in [2.45, 2.75) is 4.90 Å². The van der Waals surface area contributed by atoms with Crippen LogP contribution in [-0.2, 0) is 10.0 Å². The molecule has 7 nitrogen and oxygen atoms in total. The highest BCUT2D eigenvalue weighted by atomic mass is 79.9. The van der Waals surface area contributed by atoms with Crippen molar-refractivity contribution in [3.8, 4) is 0 Å². The van der Waals surface area contributed by atoms with Gasteiger partial charge in [0, 0.05) is 5.38 Å². The van der Waals surface area contributed by atoms with Gasteiger partial charge >= 0.3 is 5.97 Å². The van der Waals surface area contributed by atoms with E-state index < -0.39 is 16.0 Å². The molecule has 2 aromatic rings. The molecule has 0 aromatic carbocycles. The second kappa shape index (κ2) is 5.76. The van der Waals surface area contributed by atoms with Gasteiger partial charge in [-0.05, 0) is 37.9 Å². The highest BCUT2D eigenvalue weighted by Crippen LogP contribution is 2.25. The lowest BCUT2D eigenvalue weighted by atomic mass is 10.5. The molecule has 0 aliphatic carbocycles. The van der Waals surface area contributed by atoms with Crippen molar-refractivity contribution < 1.29 is 18.3 Å². The molecule has 0 atom stereocenters. The highest BCUT2D eigenvalue weighted by Gasteiger charge is 2.20. The van der Waals surface area contributed by atoms with Crippen molar-refractivity contribution in [2.75, 3.05) is 4.72 Å². The first-order valence-corrected chi connectivity index (χ1v) is 8.77. The third-order valence-corrected chi connectivity index (χ3v) is 5.35. The molecule has 2 rings (SSSR count). The Hall–Kier alpha value is -1.04. The normalized spacial score (nSPS) is 11.3. The average molecular weight is 443 g/mol. The Morgan fingerprint density at radius 1 is 1.40 bits per heavy atom. The zero-order chi connectivity index (χ0) is 14.9. The molecule has 0 amide bonds. The van der Waals surface area contributed by atoms with Gasteiger partial charge in [-0.15, -0.1) is 11.3 Å². The fourth-order valence-corrected chi connectivity index (χ4v) is 4.34. The van der Waals surface area contributed by atoms with Gasteiger partial charge in [-0.25, -0.2) is 23.2 Å². The number of anilines is 1. The van der Waals surface area contributed by atoms with Gasteiger partial charge < -0.3 is 5.11 Å². The summed E-state index contributed by atoms with van der Waals surface area (Å²) in [5.41, 5.74) is 0. The number of hydrogen-bond acceptors (Lipinski definition) is 6. The topological polar surface area (TPSA) is 109 Å². The number of nitrogens with one attached hydrogen (secondary N) is 1. The van der Waals surface area contributed by atoms with Gasteiger partial charge in [0.2, 0.25) is 0 Å². The van der Waals surface area contributed by atoms with Crippen LogP contribution in [0.5, 0.6) is 0 Å². The Labute approximate surface area is 134 Å². The second-order valence-corrected chi connectivity index (χ2v) is 7.55. The monoisotopic (exact) mass is 441 g/mol. The third kappa shape index (κ3) is 3.34. The van der Waals surface area contributed by atoms with Gasteiger partial charge in [-0.3, -0.25) is 4.72 Å². The van der Waals surface area contributed by atoms with Crippen LogP contribution < -0.4 is 4.72 Å². The minimum Gasteiger partial charge on any atom is -0.477 e. The zero-order valence-corrected chi connectivity index (χ0v) is 14.2. The molecule has 0 saturated heterocycles. The Morgan fingerprint density at radius 2 is 2.10 bits per heavy atom. The molecule has 106 valence electrons. The summed E-state index contributed by atoms with van der Waals surface area (Å²) in [6.07, 6.45) is 1.33. The third-order valence-electron chi connectivity index (χ3n) is 2.03. The molecule has 0 aliphatic heterocycles. The Morgan fingerprint density at radius 3 is 2.65 bits per heavy atom. The molecule has 0 saturated carbocycles. The number of nitrogens with zero attached hydrogens (tertiary/aromatic N) is 2. The molecular weight excluding hydrogens is 438 g/mol. The lowest BCUT2D eigenvalue weighted by molar-refractivity contribution is 0.0702. The van der Waals surface area contributed by atoms with E-state index in [1.807, 2.05) is 0 Å². The number of thiophene rings is 1. The Kier molecular flexibility index (Phi) is 4.42. The summed E-state index contributed by atoms with van der Waals surface area (Å²) in [5.74, 6) is -1.17. The van der Waals surface area contributed by atoms with Crippen LogP contribution in [0.1, 0.15) is 9.67 Å². The second-order valence-electron chi connectivity index (χ2n) is 3.39. The van der Waals surface area contributed by atoms with Crippen molar-refractivity contribution in [1.29, 1.82) is 0 Å². The lowest BCUT2D eigenvalue weighted by Gasteiger charge is -2.06. The molecule has 0 aliphatic rings. The van der Waals surface area contributed by atoms with Crippen molar-refractivity contribution in [2.24, 2.45) is 0 Å². The minimum atomic E-state index is -3.91. The van der Waals surface area contributed by atoms with E-state index in [9.17, 15) is 13.2 Å². The molecule has 11 heteroatoms. The molecule has 2 heterocycles. The summed E-state index contributed by atoms with van der Waals surface area (Å²) < 4.78 is 27.0. The van der Waals surface area contributed by atoms with Crippen LogP contribution in [0.4, 0.5) is 5.82 Å². The molecule has 2 aromatic heterocycles. The molecule has 2 N–H and O–H groups in total. The fourth-order valence-electron chi connectivity index (χ4n) is 1.17. The summed E-state index contributed by atoms with van der Waals surface area (Å²) in [5, 5.41) is 10.0. The van der Waals surface area contributed by atoms with Crippen molar-refractivity contribution in [3.63, 3.8) is 0 Å². The number of aromatic carboxylic acids is 1. The van der Waals surface area contributed by atoms with Crippen LogP contribution in [0.15, 0.2) is 31.7 Å². The van der Waals surface area contributed by atoms with E-state index in [2.05, 4.69) is 46.5 Å². The number of hydrogen-bond donors (Lipinski definition) is 2. The van der Waals surface area contributed by atoms with Crippen LogP contribution in [0.25, 0.3) is 0 Å². The summed E-state index contributed by atoms with van der Waals surface area (Å²) in [6, 6.07) is 1.08. The van der Waals surface area contributed by atoms with E-state index in [1.165, 1.54) is 11.6 Å². The maximum absolute atomic E-state index is 12.1. The van der Waals surface area contributed by atoms with Gasteiger partial charge in [0.15, 0.2) is 10.4 Å². The molecule has 0 spiro atoms. The fraction of sp³-hybridized carbons (Fsp3) is 0. The Balaban J connectivity index is 2.33. The van der Waals surface area contributed by atoms with Crippen molar-refractivity contribution >= 4 is 65.0 Å². The Bertz CT molecular complexity index is 775. The van der Waals surface area contributed by atoms with Gasteiger partial charge in [0.25, 0.3) is 10.0 Å². The number of rotatable bonds is 4. The number of carbonyl (C=O) groups is 1. The van der Waals surface area contributed by atoms with Crippen LogP contribution >= 0.6 is 43.2 Å². The van der Waals surface area contributed by atoms with Gasteiger partial charge in [-0.2, -0.15) is 0 Å². The van der Waals surface area contributed by atoms with E-state index >= 15 is 0 Å². The first kappa shape index (κ1) is 15.4. The predicted octanol–water partition coefficient (Wildman–Crippen LogP) is 2.56. The van der Waals surface area contributed by atoms with Crippen molar-refractivity contribution in [1.82, 2.24) is 9.97 Å². The predicted molar refractivity (Wildman–Crippen MR) is 79.5 cm³/mol. The van der Waals surface area contributed by atoms with E-state index in [4.69, 9.17) is 5.11 Å². The van der Waals surface area contributed by atoms with Gasteiger partial charge in [-0.1, -0.05) is 0 Å². The van der Waals surface area contributed by atoms with Crippen LogP contribution in [0.2, 0.25) is 0 Å². The molecule has 0 fully saturated rings. The highest BCUT2D eigenvalue weighted by molar-refractivity contribution is 9.11. The van der Waals surface area contributed by atoms with Gasteiger partial charge in [0.1, 0.15) is 9.48 Å². The molecule has 0 radical (unpaired) electrons. The number of carboxylic acids is 1. The van der Waals surface area contributed by atoms with Gasteiger partial charge in [0.05, 0.1) is 11.1 Å². The smallest absolute Gasteiger partial charge is 0.345 e. The van der Waals surface area contributed by atoms with Crippen LogP contribution in [0, 0.1) is 0 Å². The standard InChI is InChI=1S/C9H5Br2N3O4S2/c10-6-2-12-8(7(11)13-6)14-20(17,18)4-1-5(9(15)16)19-3-4/h1-3H,(H,12,14)(H,15,16). The number of sulfonamides is 1. The van der Waals surface area contributed by atoms with E-state index in [0.717, 1.165) is 17.4 Å². The average Bonchev–Trinajstić information content (AvgIpc) is 2.83. The van der Waals surface area contributed by atoms with E-state index in [1.54, 1.807) is 0 Å². The summed E-state index contributed by atoms with van der Waals surface area (Å²) in [7, 11) is -3.91. The summed E-state index contributed by atoms with van der Waals surface area (Å²) in [4.78, 5) is 18.4. The summed E-state index contributed by atoms with van der Waals surface area (Å²) >= 11 is 7.00.